The summed E-state index contributed by atoms with van der Waals surface area (Å²) in [5.74, 6) is 0.000613. The topological polar surface area (TPSA) is 40.6 Å². The molecular formula is C48H30N2O2S10Si. The van der Waals surface area contributed by atoms with Crippen molar-refractivity contribution in [2.75, 3.05) is 13.1 Å². The molecule has 0 atom stereocenters. The molecule has 4 aliphatic rings. The zero-order valence-electron chi connectivity index (χ0n) is 33.3. The van der Waals surface area contributed by atoms with Gasteiger partial charge in [0.2, 0.25) is 0 Å². The Hall–Kier alpha value is -3.84. The van der Waals surface area contributed by atoms with E-state index in [-0.39, 0.29) is 11.8 Å². The highest BCUT2D eigenvalue weighted by Gasteiger charge is 2.32. The Labute approximate surface area is 410 Å². The van der Waals surface area contributed by atoms with Crippen molar-refractivity contribution in [2.24, 2.45) is 0 Å². The minimum Gasteiger partial charge on any atom is -0.293 e. The van der Waals surface area contributed by atoms with Crippen LogP contribution in [0.4, 0.5) is 0 Å². The zero-order chi connectivity index (χ0) is 42.9. The fourth-order valence-electron chi connectivity index (χ4n) is 7.60. The van der Waals surface area contributed by atoms with Crippen LogP contribution in [-0.2, 0) is 9.59 Å². The third-order valence-electron chi connectivity index (χ3n) is 10.7. The summed E-state index contributed by atoms with van der Waals surface area (Å²) in [7, 11) is 2.32. The van der Waals surface area contributed by atoms with Gasteiger partial charge in [0.15, 0.2) is 0 Å². The summed E-state index contributed by atoms with van der Waals surface area (Å²) in [5.41, 5.74) is 5.22. The number of allylic oxidation sites excluding steroid dienone is 3. The van der Waals surface area contributed by atoms with Crippen molar-refractivity contribution in [3.63, 3.8) is 0 Å². The van der Waals surface area contributed by atoms with Crippen LogP contribution in [-0.4, -0.2) is 62.6 Å². The Morgan fingerprint density at radius 1 is 0.524 bits per heavy atom. The molecule has 4 nitrogen and oxygen atoms in total. The van der Waals surface area contributed by atoms with E-state index in [2.05, 4.69) is 109 Å². The first kappa shape index (κ1) is 41.8. The summed E-state index contributed by atoms with van der Waals surface area (Å²) in [6.07, 6.45) is 8.19. The molecule has 0 saturated carbocycles. The van der Waals surface area contributed by atoms with Crippen LogP contribution in [0.1, 0.15) is 23.6 Å². The highest BCUT2D eigenvalue weighted by atomic mass is 32.2. The maximum absolute atomic E-state index is 12.7. The van der Waals surface area contributed by atoms with Crippen LogP contribution in [0.15, 0.2) is 125 Å². The van der Waals surface area contributed by atoms with Gasteiger partial charge >= 0.3 is 0 Å². The van der Waals surface area contributed by atoms with E-state index in [4.69, 9.17) is 24.4 Å². The number of thiocarbonyl (C=S) groups is 2. The van der Waals surface area contributed by atoms with Gasteiger partial charge in [-0.1, -0.05) is 84.4 Å². The number of nitrogens with zero attached hydrogens (tertiary/aromatic N) is 2. The Balaban J connectivity index is 0.762. The minimum absolute atomic E-state index is 0.000306. The molecule has 0 aliphatic carbocycles. The van der Waals surface area contributed by atoms with Gasteiger partial charge in [0, 0.05) is 71.6 Å². The van der Waals surface area contributed by atoms with Gasteiger partial charge in [-0.15, -0.1) is 67.6 Å². The molecule has 7 aromatic rings. The molecule has 0 N–H and O–H groups in total. The minimum atomic E-state index is 0.000306. The predicted molar refractivity (Wildman–Crippen MR) is 291 cm³/mol. The Kier molecular flexibility index (Phi) is 11.4. The normalized spacial score (nSPS) is 17.1. The summed E-state index contributed by atoms with van der Waals surface area (Å²) in [6.45, 7) is 5.10. The number of amides is 2. The molecular weight excluding hydrogens is 985 g/mol. The van der Waals surface area contributed by atoms with E-state index in [9.17, 15) is 9.59 Å². The highest BCUT2D eigenvalue weighted by Crippen LogP contribution is 2.44. The van der Waals surface area contributed by atoms with E-state index >= 15 is 0 Å². The van der Waals surface area contributed by atoms with Crippen molar-refractivity contribution >= 4 is 172 Å². The number of likely N-dealkylation sites (N-methyl/N-ethyl adjacent to an activating group) is 2. The van der Waals surface area contributed by atoms with Crippen molar-refractivity contribution in [3.05, 3.63) is 135 Å². The van der Waals surface area contributed by atoms with Gasteiger partial charge in [0.25, 0.3) is 11.8 Å². The number of thioether (sulfide) groups is 2. The summed E-state index contributed by atoms with van der Waals surface area (Å²) in [4.78, 5) is 44.8. The molecule has 2 saturated heterocycles. The quantitative estimate of drug-likeness (QED) is 0.0772. The van der Waals surface area contributed by atoms with Crippen LogP contribution in [0.5, 0.6) is 0 Å². The zero-order valence-corrected chi connectivity index (χ0v) is 42.4. The average molecular weight is 1020 g/mol. The molecule has 0 bridgehead atoms. The average Bonchev–Trinajstić information content (AvgIpc) is 4.12. The molecule has 2 radical (unpaired) electrons. The van der Waals surface area contributed by atoms with Crippen molar-refractivity contribution < 1.29 is 9.59 Å². The molecule has 308 valence electrons. The Bertz CT molecular complexity index is 3290. The summed E-state index contributed by atoms with van der Waals surface area (Å²) in [5, 5.41) is 2.81. The third kappa shape index (κ3) is 7.92. The monoisotopic (exact) mass is 1010 g/mol. The van der Waals surface area contributed by atoms with Crippen molar-refractivity contribution in [2.45, 2.75) is 13.8 Å². The number of benzene rings is 2. The smallest absolute Gasteiger partial charge is 0.266 e. The van der Waals surface area contributed by atoms with Gasteiger partial charge in [-0.2, -0.15) is 0 Å². The van der Waals surface area contributed by atoms with Crippen LogP contribution in [0, 0.1) is 0 Å². The molecule has 0 spiro atoms. The largest absolute Gasteiger partial charge is 0.293 e. The SMILES string of the molecule is CCN1C(=O)/C(=C/C2=S=C(c3ccc(-c4ccc(-c5ccc6c(c5)[Si]c5cc(-c7ccc(-c8ccc(-c9ccc(/C=C%10\SC(=S)N(CC)C%10=O)s9)s8)s7)ccc5-6)s4)s3)C=C2)SC1=S. The summed E-state index contributed by atoms with van der Waals surface area (Å²) < 4.78 is 1.26. The lowest BCUT2D eigenvalue weighted by Crippen LogP contribution is -2.27. The summed E-state index contributed by atoms with van der Waals surface area (Å²) in [6, 6.07) is 36.1. The van der Waals surface area contributed by atoms with E-state index in [1.807, 2.05) is 71.3 Å². The molecule has 63 heavy (non-hydrogen) atoms. The molecule has 5 aromatic heterocycles. The fourth-order valence-corrected chi connectivity index (χ4v) is 18.2. The van der Waals surface area contributed by atoms with Gasteiger partial charge < -0.3 is 0 Å². The summed E-state index contributed by atoms with van der Waals surface area (Å²) >= 11 is 22.6. The number of hydrogen-bond acceptors (Lipinski definition) is 11. The van der Waals surface area contributed by atoms with Crippen LogP contribution >= 0.6 is 116 Å². The molecule has 15 heteroatoms. The van der Waals surface area contributed by atoms with Gasteiger partial charge in [-0.3, -0.25) is 19.4 Å². The first-order valence-electron chi connectivity index (χ1n) is 19.9. The van der Waals surface area contributed by atoms with Crippen molar-refractivity contribution in [3.8, 4) is 61.3 Å². The number of hydrogen-bond donors (Lipinski definition) is 0. The molecule has 2 aromatic carbocycles. The van der Waals surface area contributed by atoms with E-state index in [1.165, 1.54) is 105 Å². The second-order valence-corrected chi connectivity index (χ2v) is 25.8. The second-order valence-electron chi connectivity index (χ2n) is 14.6. The fraction of sp³-hybridized carbons (Fsp3) is 0.0833. The van der Waals surface area contributed by atoms with Gasteiger partial charge in [0.1, 0.15) is 18.2 Å². The van der Waals surface area contributed by atoms with Gasteiger partial charge in [-0.05, 0) is 131 Å². The first-order chi connectivity index (χ1) is 30.7. The van der Waals surface area contributed by atoms with E-state index in [0.717, 1.165) is 9.74 Å². The lowest BCUT2D eigenvalue weighted by molar-refractivity contribution is -0.122. The second kappa shape index (κ2) is 17.2. The van der Waals surface area contributed by atoms with Crippen LogP contribution < -0.4 is 10.4 Å². The van der Waals surface area contributed by atoms with E-state index < -0.39 is 0 Å². The highest BCUT2D eigenvalue weighted by molar-refractivity contribution is 8.27. The molecule has 11 rings (SSSR count). The van der Waals surface area contributed by atoms with Crippen LogP contribution in [0.25, 0.3) is 67.3 Å². The van der Waals surface area contributed by atoms with E-state index in [0.29, 0.717) is 41.1 Å². The van der Waals surface area contributed by atoms with E-state index in [1.54, 1.807) is 32.1 Å². The maximum Gasteiger partial charge on any atom is 0.266 e. The molecule has 0 unspecified atom stereocenters. The van der Waals surface area contributed by atoms with Gasteiger partial charge in [0.05, 0.1) is 9.81 Å². The molecule has 9 heterocycles. The van der Waals surface area contributed by atoms with Crippen molar-refractivity contribution in [1.82, 2.24) is 9.80 Å². The number of carbonyl (C=O) groups excluding carboxylic acids is 2. The van der Waals surface area contributed by atoms with Crippen LogP contribution in [0.3, 0.4) is 0 Å². The van der Waals surface area contributed by atoms with Crippen molar-refractivity contribution in [1.29, 1.82) is 0 Å². The molecule has 2 amide bonds. The third-order valence-corrected chi connectivity index (χ3v) is 22.2. The molecule has 2 fully saturated rings. The predicted octanol–water partition coefficient (Wildman–Crippen LogP) is 12.9. The Morgan fingerprint density at radius 3 is 1.49 bits per heavy atom. The number of rotatable bonds is 10. The molecule has 4 aliphatic heterocycles. The standard InChI is InChI=1S/C48H30N2O2S10Si/c1-3-49-45(51)41(61-47(49)53)23-27-7-11-33(55-27)35-17-19-39(59-35)37-15-13-31(57-37)25-5-9-29-30-10-6-26(22-44(30)63-43(29)21-25)32-14-16-38(58-32)40-20-18-36(60-40)34-12-8-28(56-34)24-42-46(52)50(4-2)48(54)62-42/h5-24H,3-4H2,1-2H3/b41-23-,42-24-. The number of thiophene rings is 5. The first-order valence-corrected chi connectivity index (χ1v) is 28.2. The number of fused-ring (bicyclic) bond motifs is 3. The maximum atomic E-state index is 12.7. The van der Waals surface area contributed by atoms with Crippen LogP contribution in [0.2, 0.25) is 0 Å². The van der Waals surface area contributed by atoms with Gasteiger partial charge in [-0.25, -0.2) is 0 Å². The lowest BCUT2D eigenvalue weighted by atomic mass is 10.0. The number of carbonyl (C=O) groups is 2. The lowest BCUT2D eigenvalue weighted by Gasteiger charge is -2.09. The Morgan fingerprint density at radius 2 is 0.968 bits per heavy atom.